The van der Waals surface area contributed by atoms with E-state index in [1.807, 2.05) is 23.6 Å². The van der Waals surface area contributed by atoms with Crippen molar-refractivity contribution in [1.82, 2.24) is 14.4 Å². The number of nitrogens with one attached hydrogen (secondary N) is 1. The number of hydrogen-bond donors (Lipinski definition) is 3. The van der Waals surface area contributed by atoms with Crippen LogP contribution >= 0.6 is 0 Å². The molecule has 1 amide bonds. The number of carbonyl (C=O) groups is 1. The van der Waals surface area contributed by atoms with Crippen molar-refractivity contribution in [3.8, 4) is 22.5 Å². The number of primary amides is 1. The third-order valence-electron chi connectivity index (χ3n) is 6.36. The molecule has 2 aromatic heterocycles. The van der Waals surface area contributed by atoms with Gasteiger partial charge in [-0.3, -0.25) is 9.20 Å². The molecule has 1 fully saturated rings. The lowest BCUT2D eigenvalue weighted by atomic mass is 9.92. The maximum Gasteiger partial charge on any atom is 0.248 e. The zero-order valence-corrected chi connectivity index (χ0v) is 20.0. The monoisotopic (exact) mass is 473 g/mol. The number of rotatable bonds is 7. The second-order valence-electron chi connectivity index (χ2n) is 9.82. The van der Waals surface area contributed by atoms with Gasteiger partial charge in [0.1, 0.15) is 5.82 Å². The Morgan fingerprint density at radius 1 is 1.23 bits per heavy atom. The van der Waals surface area contributed by atoms with Crippen molar-refractivity contribution < 1.29 is 14.3 Å². The molecule has 1 saturated carbocycles. The van der Waals surface area contributed by atoms with Crippen molar-refractivity contribution in [2.75, 3.05) is 11.9 Å². The fraction of sp³-hybridized carbons (Fsp3) is 0.296. The van der Waals surface area contributed by atoms with E-state index in [-0.39, 0.29) is 12.4 Å². The summed E-state index contributed by atoms with van der Waals surface area (Å²) >= 11 is 0. The van der Waals surface area contributed by atoms with Crippen LogP contribution in [-0.2, 0) is 0 Å². The number of imidazole rings is 1. The fourth-order valence-electron chi connectivity index (χ4n) is 4.48. The van der Waals surface area contributed by atoms with Gasteiger partial charge in [0.25, 0.3) is 0 Å². The predicted molar refractivity (Wildman–Crippen MR) is 134 cm³/mol. The van der Waals surface area contributed by atoms with Gasteiger partial charge >= 0.3 is 0 Å². The van der Waals surface area contributed by atoms with Crippen LogP contribution in [0.5, 0.6) is 0 Å². The normalized spacial score (nSPS) is 13.9. The van der Waals surface area contributed by atoms with Crippen LogP contribution in [0.1, 0.15) is 54.1 Å². The van der Waals surface area contributed by atoms with Crippen molar-refractivity contribution >= 4 is 17.4 Å². The maximum atomic E-state index is 13.6. The highest BCUT2D eigenvalue weighted by Gasteiger charge is 2.31. The second-order valence-corrected chi connectivity index (χ2v) is 9.82. The molecule has 0 spiro atoms. The number of nitrogens with two attached hydrogens (primary N) is 1. The average Bonchev–Trinajstić information content (AvgIpc) is 3.55. The smallest absolute Gasteiger partial charge is 0.248 e. The van der Waals surface area contributed by atoms with E-state index in [9.17, 15) is 14.3 Å². The van der Waals surface area contributed by atoms with Gasteiger partial charge in [0, 0.05) is 29.4 Å². The molecule has 0 atom stereocenters. The van der Waals surface area contributed by atoms with Crippen LogP contribution in [0, 0.1) is 12.7 Å². The van der Waals surface area contributed by atoms with Gasteiger partial charge in [0.15, 0.2) is 11.5 Å². The molecule has 0 bridgehead atoms. The molecule has 4 aromatic rings. The van der Waals surface area contributed by atoms with E-state index >= 15 is 0 Å². The van der Waals surface area contributed by atoms with Gasteiger partial charge in [-0.1, -0.05) is 6.07 Å². The Labute approximate surface area is 202 Å². The molecule has 180 valence electrons. The predicted octanol–water partition coefficient (Wildman–Crippen LogP) is 4.67. The van der Waals surface area contributed by atoms with E-state index in [1.165, 1.54) is 12.1 Å². The largest absolute Gasteiger partial charge is 0.389 e. The van der Waals surface area contributed by atoms with Gasteiger partial charge < -0.3 is 16.2 Å². The maximum absolute atomic E-state index is 13.6. The molecule has 0 radical (unpaired) electrons. The Balaban J connectivity index is 1.72. The van der Waals surface area contributed by atoms with Crippen molar-refractivity contribution in [3.63, 3.8) is 0 Å². The number of halogens is 1. The number of benzene rings is 2. The first kappa shape index (κ1) is 23.0. The zero-order chi connectivity index (χ0) is 24.9. The molecule has 35 heavy (non-hydrogen) atoms. The van der Waals surface area contributed by atoms with Crippen LogP contribution in [-0.4, -0.2) is 37.5 Å². The molecule has 0 aliphatic heterocycles. The number of aliphatic hydroxyl groups is 1. The topological polar surface area (TPSA) is 106 Å². The summed E-state index contributed by atoms with van der Waals surface area (Å²) in [6.07, 6.45) is 5.81. The summed E-state index contributed by atoms with van der Waals surface area (Å²) in [7, 11) is 0. The number of amides is 1. The van der Waals surface area contributed by atoms with E-state index in [2.05, 4.69) is 10.3 Å². The van der Waals surface area contributed by atoms with Crippen molar-refractivity contribution in [2.24, 2.45) is 5.73 Å². The molecule has 7 nitrogen and oxygen atoms in total. The first-order chi connectivity index (χ1) is 16.6. The average molecular weight is 474 g/mol. The van der Waals surface area contributed by atoms with Crippen LogP contribution in [0.3, 0.4) is 0 Å². The minimum atomic E-state index is -0.958. The second kappa shape index (κ2) is 8.46. The number of carbonyl (C=O) groups excluding carboxylic acids is 1. The van der Waals surface area contributed by atoms with Crippen LogP contribution in [0.2, 0.25) is 0 Å². The van der Waals surface area contributed by atoms with Crippen molar-refractivity contribution in [3.05, 3.63) is 71.3 Å². The molecule has 8 heteroatoms. The molecular weight excluding hydrogens is 445 g/mol. The van der Waals surface area contributed by atoms with Crippen LogP contribution in [0.4, 0.5) is 10.2 Å². The molecule has 1 aliphatic carbocycles. The Kier molecular flexibility index (Phi) is 5.56. The van der Waals surface area contributed by atoms with Crippen LogP contribution < -0.4 is 11.1 Å². The van der Waals surface area contributed by atoms with E-state index in [0.717, 1.165) is 40.8 Å². The highest BCUT2D eigenvalue weighted by Crippen LogP contribution is 2.47. The third-order valence-corrected chi connectivity index (χ3v) is 6.36. The lowest BCUT2D eigenvalue weighted by molar-refractivity contribution is 0.0943. The molecule has 2 aromatic carbocycles. The van der Waals surface area contributed by atoms with E-state index < -0.39 is 11.5 Å². The zero-order valence-electron chi connectivity index (χ0n) is 20.0. The number of hydrogen-bond acceptors (Lipinski definition) is 5. The molecule has 5 rings (SSSR count). The highest BCUT2D eigenvalue weighted by atomic mass is 19.1. The summed E-state index contributed by atoms with van der Waals surface area (Å²) in [5.74, 6) is 0.132. The Morgan fingerprint density at radius 3 is 2.57 bits per heavy atom. The molecular formula is C27H28FN5O2. The molecule has 0 unspecified atom stereocenters. The molecule has 4 N–H and O–H groups in total. The van der Waals surface area contributed by atoms with Gasteiger partial charge in [-0.15, -0.1) is 0 Å². The summed E-state index contributed by atoms with van der Waals surface area (Å²) in [6, 6.07) is 9.87. The molecule has 2 heterocycles. The van der Waals surface area contributed by atoms with Gasteiger partial charge in [-0.2, -0.15) is 0 Å². The third kappa shape index (κ3) is 4.49. The first-order valence-electron chi connectivity index (χ1n) is 11.7. The van der Waals surface area contributed by atoms with E-state index in [4.69, 9.17) is 10.7 Å². The Morgan fingerprint density at radius 2 is 1.94 bits per heavy atom. The first-order valence-corrected chi connectivity index (χ1v) is 11.7. The molecule has 0 saturated heterocycles. The standard InChI is InChI=1S/C27H28FN5O2/c1-15-19(24(29)34)10-11-20(23(15)17-4-5-17)22-12-30-26-25(31-14-27(2,3)35)32-21(13-33(22)26)16-6-8-18(28)9-7-16/h6-13,17,35H,4-5,14H2,1-3H3,(H2,29,34)(H,31,32). The summed E-state index contributed by atoms with van der Waals surface area (Å²) < 4.78 is 15.5. The van der Waals surface area contributed by atoms with Gasteiger partial charge in [-0.25, -0.2) is 14.4 Å². The van der Waals surface area contributed by atoms with Crippen LogP contribution in [0.15, 0.2) is 48.8 Å². The lowest BCUT2D eigenvalue weighted by Gasteiger charge is -2.19. The summed E-state index contributed by atoms with van der Waals surface area (Å²) in [5.41, 5.74) is 11.1. The summed E-state index contributed by atoms with van der Waals surface area (Å²) in [4.78, 5) is 21.4. The minimum absolute atomic E-state index is 0.268. The van der Waals surface area contributed by atoms with E-state index in [0.29, 0.717) is 28.6 Å². The van der Waals surface area contributed by atoms with Gasteiger partial charge in [0.2, 0.25) is 5.91 Å². The Bertz CT molecular complexity index is 1430. The van der Waals surface area contributed by atoms with E-state index in [1.54, 1.807) is 38.2 Å². The highest BCUT2D eigenvalue weighted by molar-refractivity contribution is 5.96. The van der Waals surface area contributed by atoms with Crippen molar-refractivity contribution in [2.45, 2.75) is 45.1 Å². The summed E-state index contributed by atoms with van der Waals surface area (Å²) in [6.45, 7) is 5.64. The van der Waals surface area contributed by atoms with Gasteiger partial charge in [0.05, 0.1) is 23.2 Å². The number of aromatic nitrogens is 3. The fourth-order valence-corrected chi connectivity index (χ4v) is 4.48. The SMILES string of the molecule is Cc1c(C(N)=O)ccc(-c2cnc3c(NCC(C)(C)O)nc(-c4ccc(F)cc4)cn23)c1C1CC1. The molecule has 1 aliphatic rings. The number of nitrogens with zero attached hydrogens (tertiary/aromatic N) is 3. The lowest BCUT2D eigenvalue weighted by Crippen LogP contribution is -2.29. The minimum Gasteiger partial charge on any atom is -0.389 e. The Hall–Kier alpha value is -3.78. The number of anilines is 1. The van der Waals surface area contributed by atoms with Gasteiger partial charge in [-0.05, 0) is 81.0 Å². The number of fused-ring (bicyclic) bond motifs is 1. The van der Waals surface area contributed by atoms with Crippen molar-refractivity contribution in [1.29, 1.82) is 0 Å². The van der Waals surface area contributed by atoms with Crippen LogP contribution in [0.25, 0.3) is 28.2 Å². The quantitative estimate of drug-likeness (QED) is 0.362. The summed E-state index contributed by atoms with van der Waals surface area (Å²) in [5, 5.41) is 13.5.